The predicted octanol–water partition coefficient (Wildman–Crippen LogP) is 3.75. The topological polar surface area (TPSA) is 30.5 Å². The summed E-state index contributed by atoms with van der Waals surface area (Å²) < 4.78 is 11.9. The minimum Gasteiger partial charge on any atom is -0.496 e. The molecule has 0 radical (unpaired) electrons. The average Bonchev–Trinajstić information content (AvgIpc) is 2.42. The molecule has 0 saturated carbocycles. The van der Waals surface area contributed by atoms with E-state index in [1.807, 2.05) is 12.1 Å². The van der Waals surface area contributed by atoms with E-state index in [1.165, 1.54) is 12.0 Å². The van der Waals surface area contributed by atoms with Gasteiger partial charge in [0.05, 0.1) is 7.11 Å². The zero-order chi connectivity index (χ0) is 13.9. The predicted molar refractivity (Wildman–Crippen MR) is 82.7 cm³/mol. The number of benzene rings is 1. The molecule has 0 spiro atoms. The van der Waals surface area contributed by atoms with Crippen molar-refractivity contribution in [1.82, 2.24) is 5.32 Å². The highest BCUT2D eigenvalue weighted by molar-refractivity contribution is 9.10. The molecular formula is C15H24BrNO2. The van der Waals surface area contributed by atoms with Crippen molar-refractivity contribution in [1.29, 1.82) is 0 Å². The molecule has 1 N–H and O–H groups in total. The fourth-order valence-corrected chi connectivity index (χ4v) is 2.16. The molecule has 0 amide bonds. The Balaban J connectivity index is 2.17. The standard InChI is InChI=1S/C15H24BrNO2/c1-3-4-9-19-10-5-8-17-12-13-11-14(16)6-7-15(13)18-2/h6-7,11,17H,3-5,8-10,12H2,1-2H3. The van der Waals surface area contributed by atoms with Gasteiger partial charge in [-0.3, -0.25) is 0 Å². The molecule has 1 aromatic rings. The quantitative estimate of drug-likeness (QED) is 0.663. The summed E-state index contributed by atoms with van der Waals surface area (Å²) in [5.74, 6) is 0.926. The number of hydrogen-bond acceptors (Lipinski definition) is 3. The Morgan fingerprint density at radius 2 is 2.00 bits per heavy atom. The Bertz CT molecular complexity index is 358. The van der Waals surface area contributed by atoms with Crippen LogP contribution in [0.5, 0.6) is 5.75 Å². The lowest BCUT2D eigenvalue weighted by Crippen LogP contribution is -2.17. The minimum atomic E-state index is 0.817. The van der Waals surface area contributed by atoms with Crippen LogP contribution < -0.4 is 10.1 Å². The molecule has 0 unspecified atom stereocenters. The number of rotatable bonds is 10. The van der Waals surface area contributed by atoms with Crippen molar-refractivity contribution in [2.45, 2.75) is 32.7 Å². The second-order valence-corrected chi connectivity index (χ2v) is 5.37. The number of ether oxygens (including phenoxy) is 2. The van der Waals surface area contributed by atoms with Gasteiger partial charge in [0.25, 0.3) is 0 Å². The van der Waals surface area contributed by atoms with Gasteiger partial charge in [-0.1, -0.05) is 29.3 Å². The first-order chi connectivity index (χ1) is 9.27. The van der Waals surface area contributed by atoms with E-state index in [0.717, 1.165) is 49.4 Å². The Kier molecular flexibility index (Phi) is 8.88. The van der Waals surface area contributed by atoms with Crippen LogP contribution in [0.15, 0.2) is 22.7 Å². The maximum Gasteiger partial charge on any atom is 0.123 e. The molecular weight excluding hydrogens is 306 g/mol. The highest BCUT2D eigenvalue weighted by atomic mass is 79.9. The first kappa shape index (κ1) is 16.5. The monoisotopic (exact) mass is 329 g/mol. The lowest BCUT2D eigenvalue weighted by atomic mass is 10.2. The van der Waals surface area contributed by atoms with Crippen LogP contribution in [0.2, 0.25) is 0 Å². The number of halogens is 1. The zero-order valence-electron chi connectivity index (χ0n) is 11.9. The second-order valence-electron chi connectivity index (χ2n) is 4.45. The van der Waals surface area contributed by atoms with Crippen molar-refractivity contribution in [3.05, 3.63) is 28.2 Å². The largest absolute Gasteiger partial charge is 0.496 e. The van der Waals surface area contributed by atoms with E-state index in [1.54, 1.807) is 7.11 Å². The molecule has 0 aliphatic heterocycles. The molecule has 0 saturated heterocycles. The van der Waals surface area contributed by atoms with Crippen LogP contribution in [0.25, 0.3) is 0 Å². The number of methoxy groups -OCH3 is 1. The van der Waals surface area contributed by atoms with Crippen LogP contribution in [-0.2, 0) is 11.3 Å². The summed E-state index contributed by atoms with van der Waals surface area (Å²) in [5.41, 5.74) is 1.17. The third-order valence-corrected chi connectivity index (χ3v) is 3.34. The molecule has 108 valence electrons. The van der Waals surface area contributed by atoms with E-state index in [2.05, 4.69) is 34.2 Å². The SMILES string of the molecule is CCCCOCCCNCc1cc(Br)ccc1OC. The molecule has 4 heteroatoms. The molecule has 0 aliphatic rings. The van der Waals surface area contributed by atoms with Crippen LogP contribution in [0.4, 0.5) is 0 Å². The molecule has 0 bridgehead atoms. The van der Waals surface area contributed by atoms with Crippen molar-refractivity contribution in [2.24, 2.45) is 0 Å². The zero-order valence-corrected chi connectivity index (χ0v) is 13.5. The van der Waals surface area contributed by atoms with Gasteiger partial charge in [0, 0.05) is 29.8 Å². The average molecular weight is 330 g/mol. The van der Waals surface area contributed by atoms with Crippen LogP contribution >= 0.6 is 15.9 Å². The van der Waals surface area contributed by atoms with Crippen molar-refractivity contribution < 1.29 is 9.47 Å². The van der Waals surface area contributed by atoms with Gasteiger partial charge in [-0.05, 0) is 37.6 Å². The van der Waals surface area contributed by atoms with Crippen molar-refractivity contribution in [2.75, 3.05) is 26.9 Å². The first-order valence-electron chi connectivity index (χ1n) is 6.88. The third kappa shape index (κ3) is 6.95. The highest BCUT2D eigenvalue weighted by Gasteiger charge is 2.02. The summed E-state index contributed by atoms with van der Waals surface area (Å²) in [7, 11) is 1.70. The maximum absolute atomic E-state index is 5.52. The molecule has 3 nitrogen and oxygen atoms in total. The molecule has 1 aromatic carbocycles. The fraction of sp³-hybridized carbons (Fsp3) is 0.600. The summed E-state index contributed by atoms with van der Waals surface area (Å²) in [6.45, 7) is 5.67. The summed E-state index contributed by atoms with van der Waals surface area (Å²) >= 11 is 3.48. The molecule has 0 atom stereocenters. The summed E-state index contributed by atoms with van der Waals surface area (Å²) in [5, 5.41) is 3.41. The fourth-order valence-electron chi connectivity index (χ4n) is 1.76. The molecule has 0 fully saturated rings. The number of hydrogen-bond donors (Lipinski definition) is 1. The Hall–Kier alpha value is -0.580. The second kappa shape index (κ2) is 10.2. The van der Waals surface area contributed by atoms with Crippen molar-refractivity contribution in [3.63, 3.8) is 0 Å². The van der Waals surface area contributed by atoms with Gasteiger partial charge in [0.2, 0.25) is 0 Å². The van der Waals surface area contributed by atoms with Crippen LogP contribution in [-0.4, -0.2) is 26.9 Å². The summed E-state index contributed by atoms with van der Waals surface area (Å²) in [6.07, 6.45) is 3.39. The van der Waals surface area contributed by atoms with Gasteiger partial charge in [-0.15, -0.1) is 0 Å². The van der Waals surface area contributed by atoms with E-state index >= 15 is 0 Å². The maximum atomic E-state index is 5.52. The normalized spacial score (nSPS) is 10.7. The Labute approximate surface area is 124 Å². The van der Waals surface area contributed by atoms with Crippen LogP contribution in [0.1, 0.15) is 31.7 Å². The first-order valence-corrected chi connectivity index (χ1v) is 7.68. The van der Waals surface area contributed by atoms with Crippen LogP contribution in [0.3, 0.4) is 0 Å². The van der Waals surface area contributed by atoms with Gasteiger partial charge in [-0.25, -0.2) is 0 Å². The minimum absolute atomic E-state index is 0.817. The van der Waals surface area contributed by atoms with E-state index in [9.17, 15) is 0 Å². The molecule has 0 aliphatic carbocycles. The smallest absolute Gasteiger partial charge is 0.123 e. The molecule has 0 aromatic heterocycles. The van der Waals surface area contributed by atoms with E-state index in [-0.39, 0.29) is 0 Å². The van der Waals surface area contributed by atoms with Gasteiger partial charge in [0.15, 0.2) is 0 Å². The lowest BCUT2D eigenvalue weighted by Gasteiger charge is -2.10. The van der Waals surface area contributed by atoms with Gasteiger partial charge in [-0.2, -0.15) is 0 Å². The van der Waals surface area contributed by atoms with E-state index in [0.29, 0.717) is 0 Å². The Morgan fingerprint density at radius 3 is 2.74 bits per heavy atom. The van der Waals surface area contributed by atoms with Gasteiger partial charge in [0.1, 0.15) is 5.75 Å². The van der Waals surface area contributed by atoms with E-state index < -0.39 is 0 Å². The van der Waals surface area contributed by atoms with E-state index in [4.69, 9.17) is 9.47 Å². The summed E-state index contributed by atoms with van der Waals surface area (Å²) in [6, 6.07) is 6.06. The third-order valence-electron chi connectivity index (χ3n) is 2.84. The molecule has 1 rings (SSSR count). The lowest BCUT2D eigenvalue weighted by molar-refractivity contribution is 0.128. The van der Waals surface area contributed by atoms with Crippen molar-refractivity contribution >= 4 is 15.9 Å². The van der Waals surface area contributed by atoms with Crippen LogP contribution in [0, 0.1) is 0 Å². The number of nitrogens with one attached hydrogen (secondary N) is 1. The highest BCUT2D eigenvalue weighted by Crippen LogP contribution is 2.22. The van der Waals surface area contributed by atoms with Gasteiger partial charge >= 0.3 is 0 Å². The van der Waals surface area contributed by atoms with Gasteiger partial charge < -0.3 is 14.8 Å². The Morgan fingerprint density at radius 1 is 1.21 bits per heavy atom. The molecule has 19 heavy (non-hydrogen) atoms. The summed E-state index contributed by atoms with van der Waals surface area (Å²) in [4.78, 5) is 0. The van der Waals surface area contributed by atoms with Crippen molar-refractivity contribution in [3.8, 4) is 5.75 Å². The molecule has 0 heterocycles. The number of unbranched alkanes of at least 4 members (excludes halogenated alkanes) is 1.